The molecule has 4 aromatic rings. The summed E-state index contributed by atoms with van der Waals surface area (Å²) in [7, 11) is -3.74. The number of fused-ring (bicyclic) bond motifs is 2. The number of rotatable bonds is 13. The Balaban J connectivity index is 1.03. The number of hydrogen-bond acceptors (Lipinski definition) is 9. The molecule has 55 heavy (non-hydrogen) atoms. The summed E-state index contributed by atoms with van der Waals surface area (Å²) in [5, 5.41) is 6.76. The maximum atomic E-state index is 14.5. The van der Waals surface area contributed by atoms with Crippen molar-refractivity contribution in [3.05, 3.63) is 95.1 Å². The van der Waals surface area contributed by atoms with Gasteiger partial charge in [0.25, 0.3) is 5.91 Å². The van der Waals surface area contributed by atoms with E-state index in [0.29, 0.717) is 48.5 Å². The molecule has 2 aromatic heterocycles. The number of amides is 3. The van der Waals surface area contributed by atoms with Gasteiger partial charge in [-0.15, -0.1) is 11.3 Å². The highest BCUT2D eigenvalue weighted by Crippen LogP contribution is 2.49. The Labute approximate surface area is 325 Å². The van der Waals surface area contributed by atoms with Gasteiger partial charge in [0.1, 0.15) is 23.4 Å². The third-order valence-electron chi connectivity index (χ3n) is 10.6. The van der Waals surface area contributed by atoms with Gasteiger partial charge in [-0.1, -0.05) is 37.3 Å². The van der Waals surface area contributed by atoms with Gasteiger partial charge in [-0.3, -0.25) is 28.7 Å². The van der Waals surface area contributed by atoms with Crippen molar-refractivity contribution >= 4 is 52.6 Å². The number of nitrogens with one attached hydrogen (secondary N) is 2. The van der Waals surface area contributed by atoms with Gasteiger partial charge in [0, 0.05) is 42.1 Å². The monoisotopic (exact) mass is 785 g/mol. The Morgan fingerprint density at radius 2 is 1.80 bits per heavy atom. The van der Waals surface area contributed by atoms with E-state index in [1.807, 2.05) is 54.4 Å². The molecule has 0 spiro atoms. The van der Waals surface area contributed by atoms with Crippen LogP contribution in [0.25, 0.3) is 10.1 Å². The molecule has 3 aliphatic rings. The first-order valence-electron chi connectivity index (χ1n) is 19.1. The van der Waals surface area contributed by atoms with Crippen LogP contribution in [0.2, 0.25) is 0 Å². The van der Waals surface area contributed by atoms with E-state index in [2.05, 4.69) is 15.4 Å². The average Bonchev–Trinajstić information content (AvgIpc) is 3.74. The van der Waals surface area contributed by atoms with Gasteiger partial charge in [-0.2, -0.15) is 0 Å². The fourth-order valence-corrected chi connectivity index (χ4v) is 11.0. The smallest absolute Gasteiger partial charge is 0.326 e. The summed E-state index contributed by atoms with van der Waals surface area (Å²) in [6.07, 6.45) is 7.69. The summed E-state index contributed by atoms with van der Waals surface area (Å²) in [5.41, 5.74) is 0.500. The Morgan fingerprint density at radius 1 is 1.00 bits per heavy atom. The Bertz CT molecular complexity index is 2090. The maximum absolute atomic E-state index is 14.5. The molecule has 5 heterocycles. The first-order chi connectivity index (χ1) is 26.4. The van der Waals surface area contributed by atoms with Gasteiger partial charge >= 0.3 is 13.5 Å². The van der Waals surface area contributed by atoms with E-state index in [-0.39, 0.29) is 42.5 Å². The number of carbonyl (C=O) groups is 4. The molecule has 2 aromatic carbocycles. The molecule has 2 N–H and O–H groups in total. The number of carbonyl (C=O) groups excluding carboxylic acids is 4. The molecular weight excluding hydrogens is 738 g/mol. The summed E-state index contributed by atoms with van der Waals surface area (Å²) < 4.78 is 26.8. The van der Waals surface area contributed by atoms with Crippen LogP contribution >= 0.6 is 18.9 Å². The van der Waals surface area contributed by atoms with Crippen LogP contribution < -0.4 is 14.9 Å². The van der Waals surface area contributed by atoms with Crippen molar-refractivity contribution in [3.63, 3.8) is 0 Å². The van der Waals surface area contributed by atoms with Gasteiger partial charge in [0.15, 0.2) is 0 Å². The van der Waals surface area contributed by atoms with Gasteiger partial charge in [-0.25, -0.2) is 5.09 Å². The number of nitrogens with zero attached hydrogens (tertiary/aromatic N) is 3. The molecule has 12 nitrogen and oxygen atoms in total. The maximum Gasteiger partial charge on any atom is 0.326 e. The molecule has 3 aliphatic heterocycles. The fourth-order valence-electron chi connectivity index (χ4n) is 7.80. The SMILES string of the molecule is CCCOC(=O)C(C)(C)NP(=O)(Cc1ccc2sc(C(=O)N[C@H]3CCC[C@H]4CC[C@@H](C(=O)N5CC(c6cccnc6)C5)N4C3=O)cc2c1)Oc1ccccc1. The second-order valence-electron chi connectivity index (χ2n) is 15.3. The lowest BCUT2D eigenvalue weighted by Gasteiger charge is -2.42. The predicted octanol–water partition coefficient (Wildman–Crippen LogP) is 6.66. The van der Waals surface area contributed by atoms with Crippen LogP contribution in [0.15, 0.2) is 79.1 Å². The third-order valence-corrected chi connectivity index (χ3v) is 13.9. The highest BCUT2D eigenvalue weighted by Gasteiger charge is 2.47. The van der Waals surface area contributed by atoms with Crippen LogP contribution in [0.4, 0.5) is 0 Å². The van der Waals surface area contributed by atoms with E-state index in [1.165, 1.54) is 11.3 Å². The highest BCUT2D eigenvalue weighted by molar-refractivity contribution is 7.56. The molecule has 3 saturated heterocycles. The fraction of sp³-hybridized carbons (Fsp3) is 0.439. The third kappa shape index (κ3) is 8.64. The lowest BCUT2D eigenvalue weighted by molar-refractivity contribution is -0.149. The lowest BCUT2D eigenvalue weighted by atomic mass is 9.92. The van der Waals surface area contributed by atoms with Crippen LogP contribution in [0.3, 0.4) is 0 Å². The topological polar surface area (TPSA) is 147 Å². The summed E-state index contributed by atoms with van der Waals surface area (Å²) in [6, 6.07) is 18.8. The number of hydrogen-bond donors (Lipinski definition) is 2. The molecule has 3 fully saturated rings. The van der Waals surface area contributed by atoms with Crippen LogP contribution in [0.5, 0.6) is 5.75 Å². The normalized spacial score (nSPS) is 21.3. The second kappa shape index (κ2) is 16.3. The summed E-state index contributed by atoms with van der Waals surface area (Å²) in [6.45, 7) is 6.61. The molecule has 14 heteroatoms. The molecule has 290 valence electrons. The largest absolute Gasteiger partial charge is 0.464 e. The van der Waals surface area contributed by atoms with Crippen LogP contribution in [0, 0.1) is 0 Å². The summed E-state index contributed by atoms with van der Waals surface area (Å²) in [5.74, 6) is -0.451. The summed E-state index contributed by atoms with van der Waals surface area (Å²) in [4.78, 5) is 62.6. The zero-order valence-electron chi connectivity index (χ0n) is 31.4. The first-order valence-corrected chi connectivity index (χ1v) is 21.7. The van der Waals surface area contributed by atoms with Crippen molar-refractivity contribution in [1.82, 2.24) is 25.2 Å². The van der Waals surface area contributed by atoms with E-state index in [4.69, 9.17) is 9.26 Å². The first kappa shape index (κ1) is 38.7. The van der Waals surface area contributed by atoms with Crippen molar-refractivity contribution < 1.29 is 33.0 Å². The Morgan fingerprint density at radius 3 is 2.55 bits per heavy atom. The zero-order valence-corrected chi connectivity index (χ0v) is 33.2. The van der Waals surface area contributed by atoms with Crippen molar-refractivity contribution in [1.29, 1.82) is 0 Å². The van der Waals surface area contributed by atoms with E-state index < -0.39 is 31.1 Å². The van der Waals surface area contributed by atoms with Crippen molar-refractivity contribution in [2.24, 2.45) is 0 Å². The van der Waals surface area contributed by atoms with Gasteiger partial charge in [-0.05, 0) is 105 Å². The number of thiophene rings is 1. The molecule has 0 radical (unpaired) electrons. The van der Waals surface area contributed by atoms with Gasteiger partial charge in [0.05, 0.1) is 17.6 Å². The molecule has 3 amide bonds. The molecule has 0 aliphatic carbocycles. The number of benzene rings is 2. The lowest BCUT2D eigenvalue weighted by Crippen LogP contribution is -2.58. The van der Waals surface area contributed by atoms with Crippen LogP contribution in [-0.2, 0) is 29.8 Å². The number of pyridine rings is 1. The quantitative estimate of drug-likeness (QED) is 0.112. The molecule has 0 saturated carbocycles. The standard InChI is InChI=1S/C41H48N5O7PS/c1-4-20-52-40(50)41(2,3)44-54(51,53-32-12-6-5-7-13-32)26-27-15-18-35-29(21-27)22-36(55-35)37(47)43-33-14-8-11-31-16-17-34(46(31)38(33)48)39(49)45-24-30(25-45)28-10-9-19-42-23-28/h5-7,9-10,12-13,15,18-19,21-23,30-31,33-34H,4,8,11,14,16-17,20,24-26H2,1-3H3,(H,43,47)(H,44,51)/t31-,33-,34-,54?/m0/s1. The number of aromatic nitrogens is 1. The minimum Gasteiger partial charge on any atom is -0.464 e. The van der Waals surface area contributed by atoms with Crippen LogP contribution in [0.1, 0.15) is 86.0 Å². The van der Waals surface area contributed by atoms with Crippen molar-refractivity contribution in [2.45, 2.75) is 95.0 Å². The minimum atomic E-state index is -3.74. The molecule has 0 bridgehead atoms. The van der Waals surface area contributed by atoms with E-state index in [9.17, 15) is 23.7 Å². The number of ether oxygens (including phenoxy) is 1. The van der Waals surface area contributed by atoms with Crippen molar-refractivity contribution in [2.75, 3.05) is 19.7 Å². The Hall–Kier alpha value is -4.58. The zero-order chi connectivity index (χ0) is 38.7. The number of likely N-dealkylation sites (tertiary alicyclic amines) is 1. The molecule has 1 unspecified atom stereocenters. The second-order valence-corrected chi connectivity index (χ2v) is 18.4. The van der Waals surface area contributed by atoms with E-state index in [0.717, 1.165) is 34.9 Å². The number of para-hydroxylation sites is 1. The van der Waals surface area contributed by atoms with Crippen molar-refractivity contribution in [3.8, 4) is 5.75 Å². The Kier molecular flexibility index (Phi) is 11.4. The van der Waals surface area contributed by atoms with E-state index >= 15 is 0 Å². The van der Waals surface area contributed by atoms with Crippen LogP contribution in [-0.4, -0.2) is 81.8 Å². The molecule has 7 rings (SSSR count). The average molecular weight is 786 g/mol. The van der Waals surface area contributed by atoms with Gasteiger partial charge < -0.3 is 24.4 Å². The highest BCUT2D eigenvalue weighted by atomic mass is 32.1. The number of esters is 1. The van der Waals surface area contributed by atoms with E-state index in [1.54, 1.807) is 55.3 Å². The molecule has 4 atom stereocenters. The minimum absolute atomic E-state index is 0.00890. The predicted molar refractivity (Wildman–Crippen MR) is 211 cm³/mol. The van der Waals surface area contributed by atoms with Gasteiger partial charge in [0.2, 0.25) is 11.8 Å². The summed E-state index contributed by atoms with van der Waals surface area (Å²) >= 11 is 1.31. The molecular formula is C41H48N5O7PS.